The molecule has 1 amide bonds. The van der Waals surface area contributed by atoms with Crippen LogP contribution in [0.2, 0.25) is 0 Å². The van der Waals surface area contributed by atoms with E-state index in [4.69, 9.17) is 14.7 Å². The van der Waals surface area contributed by atoms with Crippen molar-refractivity contribution in [2.75, 3.05) is 31.6 Å². The minimum Gasteiger partial charge on any atom is -0.497 e. The molecule has 4 rings (SSSR count). The van der Waals surface area contributed by atoms with E-state index in [0.717, 1.165) is 60.6 Å². The van der Waals surface area contributed by atoms with Gasteiger partial charge in [-0.2, -0.15) is 0 Å². The number of carbonyl (C=O) groups is 1. The molecule has 0 saturated carbocycles. The predicted octanol–water partition coefficient (Wildman–Crippen LogP) is 4.04. The number of amides is 1. The van der Waals surface area contributed by atoms with Crippen molar-refractivity contribution in [1.29, 1.82) is 0 Å². The van der Waals surface area contributed by atoms with E-state index < -0.39 is 0 Å². The molecular weight excluding hydrogens is 400 g/mol. The Morgan fingerprint density at radius 1 is 1.16 bits per heavy atom. The van der Waals surface area contributed by atoms with Crippen LogP contribution in [0.3, 0.4) is 0 Å². The van der Waals surface area contributed by atoms with Gasteiger partial charge in [-0.1, -0.05) is 37.8 Å². The maximum atomic E-state index is 12.3. The fraction of sp³-hybridized carbons (Fsp3) is 0.346. The van der Waals surface area contributed by atoms with Crippen molar-refractivity contribution in [2.24, 2.45) is 0 Å². The van der Waals surface area contributed by atoms with Crippen molar-refractivity contribution < 1.29 is 9.53 Å². The van der Waals surface area contributed by atoms with Gasteiger partial charge in [0, 0.05) is 37.5 Å². The van der Waals surface area contributed by atoms with Gasteiger partial charge in [0.1, 0.15) is 17.4 Å². The van der Waals surface area contributed by atoms with Crippen molar-refractivity contribution in [3.05, 3.63) is 72.6 Å². The number of hydrogen-bond donors (Lipinski definition) is 0. The van der Waals surface area contributed by atoms with E-state index in [-0.39, 0.29) is 11.9 Å². The van der Waals surface area contributed by atoms with Crippen molar-refractivity contribution in [3.63, 3.8) is 0 Å². The summed E-state index contributed by atoms with van der Waals surface area (Å²) in [5.41, 5.74) is 2.15. The fourth-order valence-corrected chi connectivity index (χ4v) is 4.35. The summed E-state index contributed by atoms with van der Waals surface area (Å²) in [4.78, 5) is 26.3. The third kappa shape index (κ3) is 4.59. The third-order valence-corrected chi connectivity index (χ3v) is 6.11. The second kappa shape index (κ2) is 9.81. The first-order valence-corrected chi connectivity index (χ1v) is 11.2. The lowest BCUT2D eigenvalue weighted by Gasteiger charge is -2.41. The van der Waals surface area contributed by atoms with Crippen molar-refractivity contribution in [1.82, 2.24) is 14.9 Å². The van der Waals surface area contributed by atoms with Gasteiger partial charge >= 0.3 is 0 Å². The zero-order valence-electron chi connectivity index (χ0n) is 18.8. The number of aryl methyl sites for hydroxylation is 2. The van der Waals surface area contributed by atoms with Crippen LogP contribution in [0.4, 0.5) is 5.82 Å². The SMILES string of the molecule is C=CC(=O)N1CCN(c2nc(CCc3cccc(OC)c3)nc3ccccc23)CC1CC. The smallest absolute Gasteiger partial charge is 0.246 e. The molecule has 1 fully saturated rings. The van der Waals surface area contributed by atoms with E-state index in [1.165, 1.54) is 11.6 Å². The number of methoxy groups -OCH3 is 1. The summed E-state index contributed by atoms with van der Waals surface area (Å²) < 4.78 is 5.35. The van der Waals surface area contributed by atoms with Gasteiger partial charge < -0.3 is 14.5 Å². The van der Waals surface area contributed by atoms with Gasteiger partial charge in [-0.05, 0) is 48.7 Å². The first-order valence-electron chi connectivity index (χ1n) is 11.2. The Hall–Kier alpha value is -3.41. The van der Waals surface area contributed by atoms with Crippen LogP contribution in [-0.4, -0.2) is 53.6 Å². The summed E-state index contributed by atoms with van der Waals surface area (Å²) in [7, 11) is 1.68. The lowest BCUT2D eigenvalue weighted by molar-refractivity contribution is -0.128. The number of rotatable bonds is 7. The highest BCUT2D eigenvalue weighted by Crippen LogP contribution is 2.27. The van der Waals surface area contributed by atoms with E-state index in [9.17, 15) is 4.79 Å². The summed E-state index contributed by atoms with van der Waals surface area (Å²) in [6, 6.07) is 16.4. The topological polar surface area (TPSA) is 58.6 Å². The molecule has 1 saturated heterocycles. The van der Waals surface area contributed by atoms with Crippen LogP contribution in [0.1, 0.15) is 24.7 Å². The van der Waals surface area contributed by atoms with Gasteiger partial charge in [-0.25, -0.2) is 9.97 Å². The number of aromatic nitrogens is 2. The molecule has 166 valence electrons. The quantitative estimate of drug-likeness (QED) is 0.530. The minimum absolute atomic E-state index is 0.00280. The van der Waals surface area contributed by atoms with Crippen molar-refractivity contribution >= 4 is 22.6 Å². The van der Waals surface area contributed by atoms with Gasteiger partial charge in [0.05, 0.1) is 12.6 Å². The number of nitrogens with zero attached hydrogens (tertiary/aromatic N) is 4. The number of piperazine rings is 1. The maximum Gasteiger partial charge on any atom is 0.246 e. The molecule has 1 aliphatic rings. The molecule has 2 aromatic carbocycles. The zero-order chi connectivity index (χ0) is 22.5. The number of anilines is 1. The highest BCUT2D eigenvalue weighted by atomic mass is 16.5. The lowest BCUT2D eigenvalue weighted by Crippen LogP contribution is -2.55. The lowest BCUT2D eigenvalue weighted by atomic mass is 10.1. The molecule has 1 aromatic heterocycles. The number of hydrogen-bond acceptors (Lipinski definition) is 5. The molecular formula is C26H30N4O2. The average Bonchev–Trinajstić information content (AvgIpc) is 2.86. The molecule has 6 heteroatoms. The third-order valence-electron chi connectivity index (χ3n) is 6.11. The molecule has 0 radical (unpaired) electrons. The normalized spacial score (nSPS) is 16.2. The fourth-order valence-electron chi connectivity index (χ4n) is 4.35. The van der Waals surface area contributed by atoms with Crippen LogP contribution in [0, 0.1) is 0 Å². The second-order valence-electron chi connectivity index (χ2n) is 8.08. The Labute approximate surface area is 189 Å². The van der Waals surface area contributed by atoms with Gasteiger partial charge in [0.25, 0.3) is 0 Å². The summed E-state index contributed by atoms with van der Waals surface area (Å²) in [5.74, 6) is 2.66. The summed E-state index contributed by atoms with van der Waals surface area (Å²) in [6.45, 7) is 7.94. The molecule has 0 spiro atoms. The molecule has 2 heterocycles. The molecule has 0 bridgehead atoms. The van der Waals surface area contributed by atoms with Crippen LogP contribution < -0.4 is 9.64 Å². The molecule has 0 aliphatic carbocycles. The largest absolute Gasteiger partial charge is 0.497 e. The van der Waals surface area contributed by atoms with Crippen molar-refractivity contribution in [3.8, 4) is 5.75 Å². The predicted molar refractivity (Wildman–Crippen MR) is 128 cm³/mol. The highest BCUT2D eigenvalue weighted by Gasteiger charge is 2.29. The standard InChI is InChI=1S/C26H30N4O2/c1-4-20-18-29(15-16-30(20)25(31)5-2)26-22-11-6-7-12-23(22)27-24(28-26)14-13-19-9-8-10-21(17-19)32-3/h5-12,17,20H,2,4,13-16,18H2,1,3H3. The Bertz CT molecular complexity index is 1110. The van der Waals surface area contributed by atoms with E-state index in [1.54, 1.807) is 7.11 Å². The molecule has 1 aliphatic heterocycles. The number of benzene rings is 2. The molecule has 32 heavy (non-hydrogen) atoms. The molecule has 3 aromatic rings. The van der Waals surface area contributed by atoms with Gasteiger partial charge in [-0.3, -0.25) is 4.79 Å². The van der Waals surface area contributed by atoms with Gasteiger partial charge in [0.15, 0.2) is 0 Å². The first-order chi connectivity index (χ1) is 15.6. The molecule has 1 unspecified atom stereocenters. The van der Waals surface area contributed by atoms with E-state index in [1.807, 2.05) is 35.2 Å². The highest BCUT2D eigenvalue weighted by molar-refractivity contribution is 5.90. The Kier molecular flexibility index (Phi) is 6.69. The average molecular weight is 431 g/mol. The first kappa shape index (κ1) is 21.8. The van der Waals surface area contributed by atoms with Crippen LogP contribution in [0.5, 0.6) is 5.75 Å². The monoisotopic (exact) mass is 430 g/mol. The van der Waals surface area contributed by atoms with E-state index >= 15 is 0 Å². The van der Waals surface area contributed by atoms with Crippen LogP contribution in [0.25, 0.3) is 10.9 Å². The zero-order valence-corrected chi connectivity index (χ0v) is 18.8. The Balaban J connectivity index is 1.61. The number of fused-ring (bicyclic) bond motifs is 1. The Morgan fingerprint density at radius 3 is 2.78 bits per heavy atom. The molecule has 6 nitrogen and oxygen atoms in total. The van der Waals surface area contributed by atoms with Gasteiger partial charge in [-0.15, -0.1) is 0 Å². The number of carbonyl (C=O) groups excluding carboxylic acids is 1. The maximum absolute atomic E-state index is 12.3. The second-order valence-corrected chi connectivity index (χ2v) is 8.08. The van der Waals surface area contributed by atoms with E-state index in [2.05, 4.69) is 36.6 Å². The van der Waals surface area contributed by atoms with Crippen LogP contribution in [-0.2, 0) is 17.6 Å². The van der Waals surface area contributed by atoms with E-state index in [0.29, 0.717) is 6.54 Å². The Morgan fingerprint density at radius 2 is 2.00 bits per heavy atom. The van der Waals surface area contributed by atoms with Crippen LogP contribution in [0.15, 0.2) is 61.2 Å². The number of ether oxygens (including phenoxy) is 1. The number of para-hydroxylation sites is 1. The van der Waals surface area contributed by atoms with Crippen molar-refractivity contribution in [2.45, 2.75) is 32.2 Å². The van der Waals surface area contributed by atoms with Gasteiger partial charge in [0.2, 0.25) is 5.91 Å². The minimum atomic E-state index is 0.00280. The molecule has 1 atom stereocenters. The summed E-state index contributed by atoms with van der Waals surface area (Å²) in [5, 5.41) is 1.05. The molecule has 0 N–H and O–H groups in total. The van der Waals surface area contributed by atoms with Crippen LogP contribution >= 0.6 is 0 Å². The summed E-state index contributed by atoms with van der Waals surface area (Å²) >= 11 is 0. The summed E-state index contributed by atoms with van der Waals surface area (Å²) in [6.07, 6.45) is 3.89.